The second kappa shape index (κ2) is 9.65. The minimum Gasteiger partial charge on any atom is -0.480 e. The summed E-state index contributed by atoms with van der Waals surface area (Å²) in [5, 5.41) is 11.9. The average Bonchev–Trinajstić information content (AvgIpc) is 3.57. The number of carboxylic acid groups (broad SMARTS) is 1. The topological polar surface area (TPSA) is 95.9 Å². The lowest BCUT2D eigenvalue weighted by molar-refractivity contribution is -0.145. The first-order valence-corrected chi connectivity index (χ1v) is 11.5. The largest absolute Gasteiger partial charge is 0.480 e. The molecule has 1 atom stereocenters. The van der Waals surface area contributed by atoms with E-state index in [1.165, 1.54) is 4.90 Å². The van der Waals surface area contributed by atoms with Gasteiger partial charge in [0.15, 0.2) is 0 Å². The van der Waals surface area contributed by atoms with Gasteiger partial charge in [-0.3, -0.25) is 9.59 Å². The lowest BCUT2D eigenvalue weighted by Crippen LogP contribution is -2.51. The van der Waals surface area contributed by atoms with Crippen LogP contribution < -0.4 is 5.32 Å². The Labute approximate surface area is 193 Å². The Morgan fingerprint density at radius 3 is 2.12 bits per heavy atom. The highest BCUT2D eigenvalue weighted by Crippen LogP contribution is 2.44. The number of carbonyl (C=O) groups is 3. The van der Waals surface area contributed by atoms with Gasteiger partial charge < -0.3 is 20.1 Å². The predicted molar refractivity (Wildman–Crippen MR) is 124 cm³/mol. The van der Waals surface area contributed by atoms with Gasteiger partial charge in [-0.05, 0) is 47.4 Å². The molecule has 7 nitrogen and oxygen atoms in total. The third-order valence-corrected chi connectivity index (χ3v) is 6.22. The monoisotopic (exact) mass is 450 g/mol. The van der Waals surface area contributed by atoms with E-state index < -0.39 is 18.1 Å². The summed E-state index contributed by atoms with van der Waals surface area (Å²) in [6.45, 7) is 3.71. The number of hydrogen-bond donors (Lipinski definition) is 2. The molecule has 33 heavy (non-hydrogen) atoms. The standard InChI is InChI=1S/C26H30N2O5/c1-16(2)13-23(25(31)28(14-24(29)30)17-11-12-17)27-26(32)33-15-22-20-9-5-3-7-18(20)19-8-4-6-10-21(19)22/h3-10,16-17,22-23H,11-15H2,1-2H3,(H,27,32)(H,29,30)/t23-/m0/s1. The minimum atomic E-state index is -1.06. The van der Waals surface area contributed by atoms with Gasteiger partial charge in [-0.1, -0.05) is 62.4 Å². The SMILES string of the molecule is CC(C)C[C@H](NC(=O)OCC1c2ccccc2-c2ccccc21)C(=O)N(CC(=O)O)C1CC1. The van der Waals surface area contributed by atoms with Crippen molar-refractivity contribution >= 4 is 18.0 Å². The van der Waals surface area contributed by atoms with E-state index in [1.54, 1.807) is 0 Å². The molecule has 2 aliphatic carbocycles. The normalized spacial score (nSPS) is 15.5. The fourth-order valence-electron chi connectivity index (χ4n) is 4.59. The molecule has 0 heterocycles. The number of fused-ring (bicyclic) bond motifs is 3. The van der Waals surface area contributed by atoms with Gasteiger partial charge in [-0.15, -0.1) is 0 Å². The van der Waals surface area contributed by atoms with Crippen LogP contribution >= 0.6 is 0 Å². The summed E-state index contributed by atoms with van der Waals surface area (Å²) in [6.07, 6.45) is 1.32. The highest BCUT2D eigenvalue weighted by Gasteiger charge is 2.38. The Bertz CT molecular complexity index is 1000. The molecule has 2 amide bonds. The van der Waals surface area contributed by atoms with E-state index in [0.29, 0.717) is 6.42 Å². The van der Waals surface area contributed by atoms with E-state index in [2.05, 4.69) is 17.4 Å². The van der Waals surface area contributed by atoms with Gasteiger partial charge in [0.1, 0.15) is 19.2 Å². The molecule has 0 spiro atoms. The van der Waals surface area contributed by atoms with Gasteiger partial charge in [0.25, 0.3) is 0 Å². The highest BCUT2D eigenvalue weighted by molar-refractivity contribution is 5.88. The van der Waals surface area contributed by atoms with Gasteiger partial charge in [0, 0.05) is 12.0 Å². The molecule has 2 N–H and O–H groups in total. The first-order chi connectivity index (χ1) is 15.8. The number of carbonyl (C=O) groups excluding carboxylic acids is 2. The van der Waals surface area contributed by atoms with E-state index in [-0.39, 0.29) is 36.9 Å². The van der Waals surface area contributed by atoms with Crippen LogP contribution in [0.25, 0.3) is 11.1 Å². The summed E-state index contributed by atoms with van der Waals surface area (Å²) in [6, 6.07) is 15.3. The molecule has 174 valence electrons. The van der Waals surface area contributed by atoms with Crippen LogP contribution in [0, 0.1) is 5.92 Å². The Kier molecular flexibility index (Phi) is 6.67. The zero-order chi connectivity index (χ0) is 23.5. The van der Waals surface area contributed by atoms with Crippen molar-refractivity contribution in [1.82, 2.24) is 10.2 Å². The Hall–Kier alpha value is -3.35. The number of benzene rings is 2. The van der Waals surface area contributed by atoms with Gasteiger partial charge in [-0.2, -0.15) is 0 Å². The molecule has 1 fully saturated rings. The Balaban J connectivity index is 1.44. The summed E-state index contributed by atoms with van der Waals surface area (Å²) in [7, 11) is 0. The Morgan fingerprint density at radius 2 is 1.61 bits per heavy atom. The van der Waals surface area contributed by atoms with Crippen LogP contribution in [0.3, 0.4) is 0 Å². The van der Waals surface area contributed by atoms with E-state index in [0.717, 1.165) is 35.1 Å². The average molecular weight is 451 g/mol. The van der Waals surface area contributed by atoms with Gasteiger partial charge in [-0.25, -0.2) is 4.79 Å². The molecular weight excluding hydrogens is 420 g/mol. The third-order valence-electron chi connectivity index (χ3n) is 6.22. The number of aliphatic carboxylic acids is 1. The van der Waals surface area contributed by atoms with E-state index in [1.807, 2.05) is 50.2 Å². The van der Waals surface area contributed by atoms with Crippen molar-refractivity contribution in [2.24, 2.45) is 5.92 Å². The molecule has 2 aromatic rings. The molecule has 0 unspecified atom stereocenters. The molecule has 1 saturated carbocycles. The molecule has 0 aromatic heterocycles. The smallest absolute Gasteiger partial charge is 0.407 e. The number of nitrogens with zero attached hydrogens (tertiary/aromatic N) is 1. The lowest BCUT2D eigenvalue weighted by atomic mass is 9.98. The predicted octanol–water partition coefficient (Wildman–Crippen LogP) is 4.02. The quantitative estimate of drug-likeness (QED) is 0.602. The second-order valence-electron chi connectivity index (χ2n) is 9.24. The third kappa shape index (κ3) is 5.18. The first-order valence-electron chi connectivity index (χ1n) is 11.5. The van der Waals surface area contributed by atoms with Crippen LogP contribution in [0.1, 0.15) is 50.2 Å². The zero-order valence-electron chi connectivity index (χ0n) is 19.0. The molecule has 2 aliphatic rings. The highest BCUT2D eigenvalue weighted by atomic mass is 16.5. The lowest BCUT2D eigenvalue weighted by Gasteiger charge is -2.27. The van der Waals surface area contributed by atoms with Crippen molar-refractivity contribution in [2.75, 3.05) is 13.2 Å². The van der Waals surface area contributed by atoms with Crippen molar-refractivity contribution in [1.29, 1.82) is 0 Å². The van der Waals surface area contributed by atoms with E-state index in [4.69, 9.17) is 4.74 Å². The van der Waals surface area contributed by atoms with Crippen LogP contribution in [-0.4, -0.2) is 53.2 Å². The van der Waals surface area contributed by atoms with Crippen LogP contribution in [0.2, 0.25) is 0 Å². The first kappa shape index (κ1) is 22.8. The van der Waals surface area contributed by atoms with Crippen molar-refractivity contribution in [3.8, 4) is 11.1 Å². The van der Waals surface area contributed by atoms with Crippen LogP contribution in [-0.2, 0) is 14.3 Å². The molecule has 0 radical (unpaired) electrons. The molecule has 0 bridgehead atoms. The summed E-state index contributed by atoms with van der Waals surface area (Å²) in [5.41, 5.74) is 4.51. The zero-order valence-corrected chi connectivity index (χ0v) is 19.0. The van der Waals surface area contributed by atoms with E-state index >= 15 is 0 Å². The number of rotatable bonds is 9. The fraction of sp³-hybridized carbons (Fsp3) is 0.423. The fourth-order valence-corrected chi connectivity index (χ4v) is 4.59. The number of nitrogens with one attached hydrogen (secondary N) is 1. The van der Waals surface area contributed by atoms with Crippen molar-refractivity contribution in [2.45, 2.75) is 51.1 Å². The number of ether oxygens (including phenoxy) is 1. The molecule has 4 rings (SSSR count). The molecule has 7 heteroatoms. The van der Waals surface area contributed by atoms with Crippen molar-refractivity contribution < 1.29 is 24.2 Å². The van der Waals surface area contributed by atoms with Crippen LogP contribution in [0.5, 0.6) is 0 Å². The van der Waals surface area contributed by atoms with Crippen molar-refractivity contribution in [3.63, 3.8) is 0 Å². The maximum atomic E-state index is 13.1. The minimum absolute atomic E-state index is 0.0624. The number of hydrogen-bond acceptors (Lipinski definition) is 4. The number of alkyl carbamates (subject to hydrolysis) is 1. The van der Waals surface area contributed by atoms with Crippen LogP contribution in [0.4, 0.5) is 4.79 Å². The molecule has 0 aliphatic heterocycles. The number of amides is 2. The summed E-state index contributed by atoms with van der Waals surface area (Å²) < 4.78 is 5.60. The van der Waals surface area contributed by atoms with E-state index in [9.17, 15) is 19.5 Å². The van der Waals surface area contributed by atoms with Crippen molar-refractivity contribution in [3.05, 3.63) is 59.7 Å². The van der Waals surface area contributed by atoms with Crippen LogP contribution in [0.15, 0.2) is 48.5 Å². The summed E-state index contributed by atoms with van der Waals surface area (Å²) in [5.74, 6) is -1.35. The maximum absolute atomic E-state index is 13.1. The molecule has 0 saturated heterocycles. The van der Waals surface area contributed by atoms with Gasteiger partial charge in [0.2, 0.25) is 5.91 Å². The molecule has 2 aromatic carbocycles. The number of carboxylic acids is 1. The molecular formula is C26H30N2O5. The maximum Gasteiger partial charge on any atom is 0.407 e. The second-order valence-corrected chi connectivity index (χ2v) is 9.24. The van der Waals surface area contributed by atoms with Gasteiger partial charge >= 0.3 is 12.1 Å². The summed E-state index contributed by atoms with van der Waals surface area (Å²) in [4.78, 5) is 38.5. The van der Waals surface area contributed by atoms with Gasteiger partial charge in [0.05, 0.1) is 0 Å². The Morgan fingerprint density at radius 1 is 1.03 bits per heavy atom. The summed E-state index contributed by atoms with van der Waals surface area (Å²) >= 11 is 0.